The Hall–Kier alpha value is -1.73. The molecule has 1 amide bonds. The fourth-order valence-electron chi connectivity index (χ4n) is 2.84. The molecule has 23 heavy (non-hydrogen) atoms. The van der Waals surface area contributed by atoms with Crippen LogP contribution in [-0.4, -0.2) is 52.7 Å². The number of hydrazine groups is 1. The molecule has 1 saturated heterocycles. The Bertz CT molecular complexity index is 612. The second kappa shape index (κ2) is 6.05. The van der Waals surface area contributed by atoms with Crippen molar-refractivity contribution in [1.29, 1.82) is 0 Å². The van der Waals surface area contributed by atoms with E-state index < -0.39 is 5.60 Å². The molecule has 0 saturated carbocycles. The monoisotopic (exact) mass is 336 g/mol. The lowest BCUT2D eigenvalue weighted by Crippen LogP contribution is -2.49. The summed E-state index contributed by atoms with van der Waals surface area (Å²) >= 11 is 1.73. The molecule has 0 spiro atoms. The zero-order valence-corrected chi connectivity index (χ0v) is 14.7. The first-order valence-corrected chi connectivity index (χ1v) is 8.74. The van der Waals surface area contributed by atoms with Crippen molar-refractivity contribution in [2.24, 2.45) is 5.84 Å². The summed E-state index contributed by atoms with van der Waals surface area (Å²) in [5.41, 5.74) is 1.97. The SMILES string of the molecule is CC(C)(C)OC(=O)N1CCN(C2=CN(N)Cc3sccc32)CC1. The van der Waals surface area contributed by atoms with E-state index in [1.54, 1.807) is 21.2 Å². The molecule has 1 aromatic heterocycles. The molecule has 6 nitrogen and oxygen atoms in total. The van der Waals surface area contributed by atoms with Crippen LogP contribution in [-0.2, 0) is 11.3 Å². The number of ether oxygens (including phenoxy) is 1. The first-order chi connectivity index (χ1) is 10.8. The topological polar surface area (TPSA) is 62.0 Å². The number of nitrogens with zero attached hydrogens (tertiary/aromatic N) is 3. The highest BCUT2D eigenvalue weighted by atomic mass is 32.1. The third kappa shape index (κ3) is 3.61. The lowest BCUT2D eigenvalue weighted by atomic mass is 10.1. The van der Waals surface area contributed by atoms with E-state index in [9.17, 15) is 4.79 Å². The van der Waals surface area contributed by atoms with E-state index in [1.165, 1.54) is 10.4 Å². The lowest BCUT2D eigenvalue weighted by molar-refractivity contribution is 0.0181. The van der Waals surface area contributed by atoms with Crippen LogP contribution in [0.25, 0.3) is 5.70 Å². The maximum absolute atomic E-state index is 12.1. The number of fused-ring (bicyclic) bond motifs is 1. The first-order valence-electron chi connectivity index (χ1n) is 7.86. The van der Waals surface area contributed by atoms with Crippen LogP contribution in [0.4, 0.5) is 4.79 Å². The first kappa shape index (κ1) is 16.1. The van der Waals surface area contributed by atoms with Crippen LogP contribution < -0.4 is 5.84 Å². The molecule has 0 atom stereocenters. The van der Waals surface area contributed by atoms with Crippen molar-refractivity contribution in [3.8, 4) is 0 Å². The molecule has 0 aromatic carbocycles. The number of hydrogen-bond acceptors (Lipinski definition) is 6. The molecule has 3 heterocycles. The predicted molar refractivity (Wildman–Crippen MR) is 91.4 cm³/mol. The van der Waals surface area contributed by atoms with E-state index in [2.05, 4.69) is 16.3 Å². The van der Waals surface area contributed by atoms with Crippen molar-refractivity contribution in [1.82, 2.24) is 14.8 Å². The Morgan fingerprint density at radius 1 is 1.26 bits per heavy atom. The third-order valence-electron chi connectivity index (χ3n) is 3.91. The van der Waals surface area contributed by atoms with Crippen LogP contribution in [0.2, 0.25) is 0 Å². The van der Waals surface area contributed by atoms with Crippen LogP contribution in [0.3, 0.4) is 0 Å². The number of piperazine rings is 1. The van der Waals surface area contributed by atoms with Gasteiger partial charge in [0.05, 0.1) is 12.2 Å². The summed E-state index contributed by atoms with van der Waals surface area (Å²) in [5.74, 6) is 6.00. The van der Waals surface area contributed by atoms with E-state index in [0.29, 0.717) is 13.1 Å². The maximum Gasteiger partial charge on any atom is 0.410 e. The zero-order chi connectivity index (χ0) is 16.6. The summed E-state index contributed by atoms with van der Waals surface area (Å²) in [5, 5.41) is 3.84. The van der Waals surface area contributed by atoms with E-state index in [-0.39, 0.29) is 6.09 Å². The van der Waals surface area contributed by atoms with Crippen molar-refractivity contribution in [2.75, 3.05) is 26.2 Å². The molecule has 0 unspecified atom stereocenters. The van der Waals surface area contributed by atoms with E-state index in [0.717, 1.165) is 25.3 Å². The summed E-state index contributed by atoms with van der Waals surface area (Å²) in [7, 11) is 0. The number of thiophene rings is 1. The highest BCUT2D eigenvalue weighted by Gasteiger charge is 2.29. The van der Waals surface area contributed by atoms with Gasteiger partial charge in [-0.3, -0.25) is 0 Å². The van der Waals surface area contributed by atoms with Crippen LogP contribution >= 0.6 is 11.3 Å². The lowest BCUT2D eigenvalue weighted by Gasteiger charge is -2.39. The van der Waals surface area contributed by atoms with Crippen LogP contribution in [0.1, 0.15) is 31.2 Å². The largest absolute Gasteiger partial charge is 0.444 e. The number of nitrogens with two attached hydrogens (primary N) is 1. The molecular formula is C16H24N4O2S. The number of carbonyl (C=O) groups excluding carboxylic acids is 1. The highest BCUT2D eigenvalue weighted by Crippen LogP contribution is 2.32. The fourth-order valence-corrected chi connectivity index (χ4v) is 3.73. The third-order valence-corrected chi connectivity index (χ3v) is 4.81. The number of hydrogen-bond donors (Lipinski definition) is 1. The van der Waals surface area contributed by atoms with Gasteiger partial charge in [0, 0.05) is 42.8 Å². The van der Waals surface area contributed by atoms with E-state index >= 15 is 0 Å². The Balaban J connectivity index is 1.64. The van der Waals surface area contributed by atoms with Crippen molar-refractivity contribution < 1.29 is 9.53 Å². The Labute approximate surface area is 141 Å². The molecule has 0 radical (unpaired) electrons. The molecule has 3 rings (SSSR count). The van der Waals surface area contributed by atoms with Crippen LogP contribution in [0.5, 0.6) is 0 Å². The van der Waals surface area contributed by atoms with Gasteiger partial charge in [-0.05, 0) is 32.2 Å². The predicted octanol–water partition coefficient (Wildman–Crippen LogP) is 2.29. The average Bonchev–Trinajstić information content (AvgIpc) is 2.93. The number of carbonyl (C=O) groups is 1. The second-order valence-corrected chi connectivity index (χ2v) is 7.90. The Morgan fingerprint density at radius 2 is 1.96 bits per heavy atom. The molecule has 1 fully saturated rings. The van der Waals surface area contributed by atoms with Crippen LogP contribution in [0, 0.1) is 0 Å². The second-order valence-electron chi connectivity index (χ2n) is 6.90. The van der Waals surface area contributed by atoms with Crippen molar-refractivity contribution in [2.45, 2.75) is 32.9 Å². The van der Waals surface area contributed by atoms with Crippen molar-refractivity contribution in [3.63, 3.8) is 0 Å². The van der Waals surface area contributed by atoms with Crippen LogP contribution in [0.15, 0.2) is 17.6 Å². The molecule has 2 aliphatic heterocycles. The van der Waals surface area contributed by atoms with Gasteiger partial charge in [0.1, 0.15) is 5.60 Å². The van der Waals surface area contributed by atoms with Gasteiger partial charge in [-0.25, -0.2) is 10.6 Å². The summed E-state index contributed by atoms with van der Waals surface area (Å²) in [6.07, 6.45) is 1.77. The minimum atomic E-state index is -0.453. The van der Waals surface area contributed by atoms with Gasteiger partial charge < -0.3 is 19.5 Å². The van der Waals surface area contributed by atoms with Gasteiger partial charge in [-0.15, -0.1) is 11.3 Å². The fraction of sp³-hybridized carbons (Fsp3) is 0.562. The average molecular weight is 336 g/mol. The van der Waals surface area contributed by atoms with Gasteiger partial charge in [0.25, 0.3) is 0 Å². The van der Waals surface area contributed by atoms with Gasteiger partial charge in [-0.2, -0.15) is 0 Å². The zero-order valence-electron chi connectivity index (χ0n) is 13.9. The minimum Gasteiger partial charge on any atom is -0.444 e. The molecular weight excluding hydrogens is 312 g/mol. The molecule has 0 bridgehead atoms. The van der Waals surface area contributed by atoms with Crippen molar-refractivity contribution in [3.05, 3.63) is 28.1 Å². The van der Waals surface area contributed by atoms with E-state index in [1.807, 2.05) is 27.0 Å². The molecule has 126 valence electrons. The molecule has 1 aromatic rings. The molecule has 2 N–H and O–H groups in total. The summed E-state index contributed by atoms with van der Waals surface area (Å²) in [6.45, 7) is 9.33. The quantitative estimate of drug-likeness (QED) is 0.797. The molecule has 0 aliphatic carbocycles. The maximum atomic E-state index is 12.1. The summed E-state index contributed by atoms with van der Waals surface area (Å²) in [4.78, 5) is 17.5. The minimum absolute atomic E-state index is 0.230. The molecule has 7 heteroatoms. The summed E-state index contributed by atoms with van der Waals surface area (Å²) in [6, 6.07) is 2.15. The summed E-state index contributed by atoms with van der Waals surface area (Å²) < 4.78 is 5.45. The van der Waals surface area contributed by atoms with Gasteiger partial charge in [-0.1, -0.05) is 0 Å². The van der Waals surface area contributed by atoms with E-state index in [4.69, 9.17) is 10.6 Å². The molecule has 2 aliphatic rings. The van der Waals surface area contributed by atoms with Gasteiger partial charge >= 0.3 is 6.09 Å². The standard InChI is InChI=1S/C16H24N4O2S/c1-16(2,3)22-15(21)19-7-5-18(6-8-19)13-10-20(17)11-14-12(13)4-9-23-14/h4,9-10H,5-8,11,17H2,1-3H3. The van der Waals surface area contributed by atoms with Crippen molar-refractivity contribution >= 4 is 23.1 Å². The number of amides is 1. The van der Waals surface area contributed by atoms with Gasteiger partial charge in [0.15, 0.2) is 0 Å². The normalized spacial score (nSPS) is 18.6. The number of rotatable bonds is 1. The Kier molecular flexibility index (Phi) is 4.25. The highest BCUT2D eigenvalue weighted by molar-refractivity contribution is 7.10. The Morgan fingerprint density at radius 3 is 2.61 bits per heavy atom. The smallest absolute Gasteiger partial charge is 0.410 e. The van der Waals surface area contributed by atoms with Gasteiger partial charge in [0.2, 0.25) is 0 Å².